The van der Waals surface area contributed by atoms with E-state index in [1.807, 2.05) is 0 Å². The van der Waals surface area contributed by atoms with Crippen molar-refractivity contribution in [3.05, 3.63) is 18.1 Å². The Bertz CT molecular complexity index is 699. The molecule has 0 radical (unpaired) electrons. The number of alkyl halides is 3. The number of hydrogen-bond donors (Lipinski definition) is 1. The maximum Gasteiger partial charge on any atom is 0.433 e. The van der Waals surface area contributed by atoms with Gasteiger partial charge in [0.05, 0.1) is 5.92 Å². The van der Waals surface area contributed by atoms with E-state index in [-0.39, 0.29) is 18.1 Å². The van der Waals surface area contributed by atoms with Gasteiger partial charge in [0.1, 0.15) is 12.1 Å². The van der Waals surface area contributed by atoms with E-state index in [0.717, 1.165) is 12.4 Å². The van der Waals surface area contributed by atoms with Gasteiger partial charge in [0.15, 0.2) is 5.69 Å². The zero-order valence-electron chi connectivity index (χ0n) is 10.6. The highest BCUT2D eigenvalue weighted by Crippen LogP contribution is 2.32. The first-order valence-corrected chi connectivity index (χ1v) is 6.12. The Morgan fingerprint density at radius 1 is 1.43 bits per heavy atom. The average Bonchev–Trinajstić information content (AvgIpc) is 3.05. The van der Waals surface area contributed by atoms with E-state index in [1.165, 1.54) is 4.52 Å². The molecule has 0 spiro atoms. The van der Waals surface area contributed by atoms with Crippen molar-refractivity contribution in [3.8, 4) is 0 Å². The molecule has 2 aromatic rings. The number of fused-ring (bicyclic) bond motifs is 1. The molecule has 1 atom stereocenters. The molecule has 2 aromatic heterocycles. The number of aliphatic carboxylic acids is 1. The van der Waals surface area contributed by atoms with Crippen molar-refractivity contribution in [2.24, 2.45) is 5.92 Å². The molecule has 7 nitrogen and oxygen atoms in total. The Morgan fingerprint density at radius 2 is 2.19 bits per heavy atom. The summed E-state index contributed by atoms with van der Waals surface area (Å²) in [6, 6.07) is 0.867. The molecule has 0 aromatic carbocycles. The molecule has 0 amide bonds. The van der Waals surface area contributed by atoms with Gasteiger partial charge in [0.25, 0.3) is 5.78 Å². The van der Waals surface area contributed by atoms with E-state index in [2.05, 4.69) is 15.1 Å². The molecule has 112 valence electrons. The summed E-state index contributed by atoms with van der Waals surface area (Å²) in [4.78, 5) is 19.6. The molecule has 0 unspecified atom stereocenters. The van der Waals surface area contributed by atoms with Crippen LogP contribution in [-0.2, 0) is 11.0 Å². The number of carbonyl (C=O) groups is 1. The molecule has 0 bridgehead atoms. The van der Waals surface area contributed by atoms with Crippen molar-refractivity contribution in [3.63, 3.8) is 0 Å². The molecule has 0 saturated carbocycles. The first-order valence-electron chi connectivity index (χ1n) is 6.12. The Kier molecular flexibility index (Phi) is 2.96. The van der Waals surface area contributed by atoms with Crippen molar-refractivity contribution in [2.45, 2.75) is 12.6 Å². The van der Waals surface area contributed by atoms with Crippen LogP contribution in [0.2, 0.25) is 0 Å². The zero-order valence-corrected chi connectivity index (χ0v) is 10.6. The summed E-state index contributed by atoms with van der Waals surface area (Å²) < 4.78 is 39.8. The third-order valence-corrected chi connectivity index (χ3v) is 3.38. The van der Waals surface area contributed by atoms with Gasteiger partial charge in [-0.25, -0.2) is 4.98 Å². The van der Waals surface area contributed by atoms with Gasteiger partial charge in [-0.05, 0) is 6.42 Å². The number of halogens is 3. The Labute approximate surface area is 116 Å². The number of rotatable bonds is 2. The lowest BCUT2D eigenvalue weighted by molar-refractivity contribution is -0.142. The summed E-state index contributed by atoms with van der Waals surface area (Å²) in [6.45, 7) is 0.471. The van der Waals surface area contributed by atoms with Crippen LogP contribution in [0.25, 0.3) is 5.78 Å². The summed E-state index contributed by atoms with van der Waals surface area (Å²) in [5.41, 5.74) is -1.07. The standard InChI is InChI=1S/C11H10F3N5O2/c12-11(13,14)7-3-8(19-10(17-7)15-5-16-19)18-2-1-6(4-18)9(20)21/h3,5-6H,1-2,4H2,(H,20,21)/t6-/m1/s1. The third-order valence-electron chi connectivity index (χ3n) is 3.38. The molecule has 1 aliphatic heterocycles. The second-order valence-electron chi connectivity index (χ2n) is 4.74. The highest BCUT2D eigenvalue weighted by atomic mass is 19.4. The van der Waals surface area contributed by atoms with Gasteiger partial charge < -0.3 is 10.0 Å². The highest BCUT2D eigenvalue weighted by molar-refractivity contribution is 5.72. The fraction of sp³-hybridized carbons (Fsp3) is 0.455. The average molecular weight is 301 g/mol. The maximum atomic E-state index is 12.9. The summed E-state index contributed by atoms with van der Waals surface area (Å²) in [5, 5.41) is 12.8. The smallest absolute Gasteiger partial charge is 0.433 e. The van der Waals surface area contributed by atoms with E-state index < -0.39 is 23.8 Å². The van der Waals surface area contributed by atoms with Crippen LogP contribution >= 0.6 is 0 Å². The third kappa shape index (κ3) is 2.36. The molecule has 1 fully saturated rings. The second kappa shape index (κ2) is 4.57. The number of hydrogen-bond acceptors (Lipinski definition) is 5. The second-order valence-corrected chi connectivity index (χ2v) is 4.74. The lowest BCUT2D eigenvalue weighted by Crippen LogP contribution is -2.26. The molecule has 1 aliphatic rings. The molecule has 0 aliphatic carbocycles. The van der Waals surface area contributed by atoms with Gasteiger partial charge in [0.2, 0.25) is 0 Å². The first-order chi connectivity index (χ1) is 9.86. The minimum absolute atomic E-state index is 0.131. The molecule has 3 heterocycles. The van der Waals surface area contributed by atoms with Crippen LogP contribution in [-0.4, -0.2) is 43.7 Å². The minimum Gasteiger partial charge on any atom is -0.481 e. The van der Waals surface area contributed by atoms with Crippen LogP contribution < -0.4 is 4.90 Å². The van der Waals surface area contributed by atoms with Crippen molar-refractivity contribution < 1.29 is 23.1 Å². The summed E-state index contributed by atoms with van der Waals surface area (Å²) >= 11 is 0. The number of nitrogens with zero attached hydrogens (tertiary/aromatic N) is 5. The van der Waals surface area contributed by atoms with Crippen LogP contribution in [0.3, 0.4) is 0 Å². The number of aromatic nitrogens is 4. The Hall–Kier alpha value is -2.39. The molecule has 1 saturated heterocycles. The van der Waals surface area contributed by atoms with Gasteiger partial charge >= 0.3 is 12.1 Å². The van der Waals surface area contributed by atoms with Crippen molar-refractivity contribution in [1.29, 1.82) is 0 Å². The van der Waals surface area contributed by atoms with E-state index in [1.54, 1.807) is 4.90 Å². The monoisotopic (exact) mass is 301 g/mol. The molecule has 3 rings (SSSR count). The number of carboxylic acid groups (broad SMARTS) is 1. The van der Waals surface area contributed by atoms with E-state index >= 15 is 0 Å². The number of anilines is 1. The number of carboxylic acids is 1. The molecular formula is C11H10F3N5O2. The van der Waals surface area contributed by atoms with Crippen molar-refractivity contribution in [2.75, 3.05) is 18.0 Å². The van der Waals surface area contributed by atoms with Crippen molar-refractivity contribution in [1.82, 2.24) is 19.6 Å². The van der Waals surface area contributed by atoms with Gasteiger partial charge in [-0.1, -0.05) is 0 Å². The summed E-state index contributed by atoms with van der Waals surface area (Å²) in [6.07, 6.45) is -3.12. The lowest BCUT2D eigenvalue weighted by atomic mass is 10.1. The maximum absolute atomic E-state index is 12.9. The van der Waals surface area contributed by atoms with Gasteiger partial charge in [0, 0.05) is 19.2 Å². The molecule has 10 heteroatoms. The van der Waals surface area contributed by atoms with Crippen LogP contribution in [0.15, 0.2) is 12.4 Å². The van der Waals surface area contributed by atoms with E-state index in [4.69, 9.17) is 5.11 Å². The normalized spacial score (nSPS) is 19.4. The minimum atomic E-state index is -4.60. The van der Waals surface area contributed by atoms with Gasteiger partial charge in [-0.15, -0.1) is 0 Å². The quantitative estimate of drug-likeness (QED) is 0.893. The van der Waals surface area contributed by atoms with E-state index in [9.17, 15) is 18.0 Å². The SMILES string of the molecule is O=C(O)[C@@H]1CCN(c2cc(C(F)(F)F)nc3ncnn23)C1. The van der Waals surface area contributed by atoms with Gasteiger partial charge in [-0.3, -0.25) is 4.79 Å². The summed E-state index contributed by atoms with van der Waals surface area (Å²) in [5.74, 6) is -1.59. The van der Waals surface area contributed by atoms with Crippen LogP contribution in [0.5, 0.6) is 0 Å². The van der Waals surface area contributed by atoms with Crippen LogP contribution in [0.1, 0.15) is 12.1 Å². The fourth-order valence-corrected chi connectivity index (χ4v) is 2.34. The molecule has 21 heavy (non-hydrogen) atoms. The predicted octanol–water partition coefficient (Wildman–Crippen LogP) is 1.05. The Morgan fingerprint density at radius 3 is 2.81 bits per heavy atom. The van der Waals surface area contributed by atoms with Crippen LogP contribution in [0.4, 0.5) is 19.0 Å². The Balaban J connectivity index is 2.05. The van der Waals surface area contributed by atoms with Crippen LogP contribution in [0, 0.1) is 5.92 Å². The predicted molar refractivity (Wildman–Crippen MR) is 63.7 cm³/mol. The topological polar surface area (TPSA) is 83.6 Å². The highest BCUT2D eigenvalue weighted by Gasteiger charge is 2.36. The molecular weight excluding hydrogens is 291 g/mol. The van der Waals surface area contributed by atoms with Crippen molar-refractivity contribution >= 4 is 17.6 Å². The van der Waals surface area contributed by atoms with E-state index in [0.29, 0.717) is 13.0 Å². The summed E-state index contributed by atoms with van der Waals surface area (Å²) in [7, 11) is 0. The largest absolute Gasteiger partial charge is 0.481 e. The van der Waals surface area contributed by atoms with Gasteiger partial charge in [-0.2, -0.15) is 27.8 Å². The lowest BCUT2D eigenvalue weighted by Gasteiger charge is -2.19. The fourth-order valence-electron chi connectivity index (χ4n) is 2.34. The zero-order chi connectivity index (χ0) is 15.2. The first kappa shape index (κ1) is 13.6. The molecule has 1 N–H and O–H groups in total.